The van der Waals surface area contributed by atoms with Crippen LogP contribution in [0.2, 0.25) is 5.02 Å². The summed E-state index contributed by atoms with van der Waals surface area (Å²) in [6, 6.07) is 27.9. The smallest absolute Gasteiger partial charge is 0.293 e. The Labute approximate surface area is 235 Å². The summed E-state index contributed by atoms with van der Waals surface area (Å²) in [6.07, 6.45) is 0. The zero-order valence-electron chi connectivity index (χ0n) is 19.5. The molecule has 0 fully saturated rings. The third-order valence-electron chi connectivity index (χ3n) is 5.93. The van der Waals surface area contributed by atoms with Crippen LogP contribution in [-0.2, 0) is 0 Å². The second-order valence-electron chi connectivity index (χ2n) is 8.42. The molecule has 0 aliphatic heterocycles. The molecule has 0 bridgehead atoms. The summed E-state index contributed by atoms with van der Waals surface area (Å²) in [6.45, 7) is 0. The Bertz CT molecular complexity index is 1850. The van der Waals surface area contributed by atoms with E-state index in [0.717, 1.165) is 26.4 Å². The average molecular weight is 603 g/mol. The maximum Gasteiger partial charge on any atom is 0.293 e. The quantitative estimate of drug-likeness (QED) is 0.197. The fourth-order valence-electron chi connectivity index (χ4n) is 4.13. The highest BCUT2D eigenvalue weighted by Crippen LogP contribution is 2.34. The van der Waals surface area contributed by atoms with Crippen LogP contribution in [0.1, 0.15) is 10.6 Å². The van der Waals surface area contributed by atoms with E-state index in [-0.39, 0.29) is 10.9 Å². The number of halogens is 2. The van der Waals surface area contributed by atoms with Crippen molar-refractivity contribution in [3.05, 3.63) is 106 Å². The van der Waals surface area contributed by atoms with Crippen molar-refractivity contribution in [2.24, 2.45) is 0 Å². The predicted molar refractivity (Wildman–Crippen MR) is 157 cm³/mol. The van der Waals surface area contributed by atoms with Gasteiger partial charge in [-0.25, -0.2) is 4.98 Å². The van der Waals surface area contributed by atoms with Gasteiger partial charge in [0.15, 0.2) is 16.5 Å². The molecule has 0 saturated carbocycles. The van der Waals surface area contributed by atoms with Gasteiger partial charge in [-0.1, -0.05) is 63.9 Å². The first-order valence-electron chi connectivity index (χ1n) is 11.5. The number of amides is 1. The van der Waals surface area contributed by atoms with Gasteiger partial charge in [0.25, 0.3) is 5.91 Å². The minimum absolute atomic E-state index is 0.128. The third kappa shape index (κ3) is 4.81. The van der Waals surface area contributed by atoms with Crippen molar-refractivity contribution in [3.63, 3.8) is 0 Å². The van der Waals surface area contributed by atoms with Crippen molar-refractivity contribution in [1.82, 2.24) is 10.3 Å². The average Bonchev–Trinajstić information content (AvgIpc) is 3.57. The summed E-state index contributed by atoms with van der Waals surface area (Å²) in [5.74, 6) is 0.770. The van der Waals surface area contributed by atoms with E-state index in [4.69, 9.17) is 32.7 Å². The summed E-state index contributed by atoms with van der Waals surface area (Å²) in [4.78, 5) is 17.3. The molecule has 4 aromatic carbocycles. The van der Waals surface area contributed by atoms with Crippen molar-refractivity contribution in [1.29, 1.82) is 0 Å². The Balaban J connectivity index is 1.18. The van der Waals surface area contributed by atoms with E-state index in [1.807, 2.05) is 60.7 Å². The Morgan fingerprint density at radius 3 is 2.53 bits per heavy atom. The van der Waals surface area contributed by atoms with E-state index in [1.165, 1.54) is 0 Å². The molecule has 6 nitrogen and oxygen atoms in total. The molecule has 2 N–H and O–H groups in total. The van der Waals surface area contributed by atoms with E-state index in [2.05, 4.69) is 31.5 Å². The van der Waals surface area contributed by atoms with Gasteiger partial charge in [0.2, 0.25) is 5.89 Å². The molecule has 2 heterocycles. The molecule has 0 saturated heterocycles. The Hall–Kier alpha value is -3.98. The van der Waals surface area contributed by atoms with E-state index in [1.54, 1.807) is 30.3 Å². The highest BCUT2D eigenvalue weighted by atomic mass is 79.9. The van der Waals surface area contributed by atoms with Crippen LogP contribution in [0.3, 0.4) is 0 Å². The van der Waals surface area contributed by atoms with Crippen LogP contribution in [0.15, 0.2) is 104 Å². The molecule has 0 unspecified atom stereocenters. The summed E-state index contributed by atoms with van der Waals surface area (Å²) in [5, 5.41) is 8.34. The number of thiocarbonyl (C=S) groups is 1. The van der Waals surface area contributed by atoms with Gasteiger partial charge in [-0.15, -0.1) is 0 Å². The molecular weight excluding hydrogens is 586 g/mol. The highest BCUT2D eigenvalue weighted by molar-refractivity contribution is 9.10. The van der Waals surface area contributed by atoms with E-state index in [9.17, 15) is 4.79 Å². The summed E-state index contributed by atoms with van der Waals surface area (Å²) >= 11 is 15.1. The molecule has 186 valence electrons. The molecule has 0 atom stereocenters. The number of anilines is 1. The van der Waals surface area contributed by atoms with Crippen molar-refractivity contribution in [2.45, 2.75) is 0 Å². The number of hydrogen-bond acceptors (Lipinski definition) is 5. The molecule has 38 heavy (non-hydrogen) atoms. The van der Waals surface area contributed by atoms with Gasteiger partial charge < -0.3 is 14.2 Å². The van der Waals surface area contributed by atoms with Gasteiger partial charge in [0, 0.05) is 31.7 Å². The monoisotopic (exact) mass is 601 g/mol. The van der Waals surface area contributed by atoms with Crippen molar-refractivity contribution in [2.75, 3.05) is 5.32 Å². The minimum atomic E-state index is -0.453. The van der Waals surface area contributed by atoms with Gasteiger partial charge in [0.05, 0.1) is 0 Å². The summed E-state index contributed by atoms with van der Waals surface area (Å²) in [5.41, 5.74) is 3.62. The van der Waals surface area contributed by atoms with Crippen LogP contribution in [0.25, 0.3) is 44.7 Å². The molecule has 9 heteroatoms. The number of hydrogen-bond donors (Lipinski definition) is 2. The van der Waals surface area contributed by atoms with Gasteiger partial charge in [-0.3, -0.25) is 10.1 Å². The second-order valence-corrected chi connectivity index (χ2v) is 10.2. The molecule has 6 rings (SSSR count). The number of rotatable bonds is 4. The SMILES string of the molecule is O=C(NC(=S)Nc1ccc2oc(-c3cccc4c(Cl)cccc34)nc2c1)c1ccc(-c2ccc(Br)cc2)o1. The van der Waals surface area contributed by atoms with Crippen LogP contribution < -0.4 is 10.6 Å². The normalized spacial score (nSPS) is 11.1. The Morgan fingerprint density at radius 2 is 1.68 bits per heavy atom. The number of furan rings is 1. The number of carbonyl (C=O) groups excluding carboxylic acids is 1. The predicted octanol–water partition coefficient (Wildman–Crippen LogP) is 8.45. The molecule has 0 aliphatic carbocycles. The lowest BCUT2D eigenvalue weighted by atomic mass is 10.0. The molecule has 0 spiro atoms. The molecule has 0 radical (unpaired) electrons. The van der Waals surface area contributed by atoms with Crippen molar-refractivity contribution < 1.29 is 13.6 Å². The van der Waals surface area contributed by atoms with Crippen LogP contribution in [-0.4, -0.2) is 16.0 Å². The van der Waals surface area contributed by atoms with E-state index < -0.39 is 5.91 Å². The third-order valence-corrected chi connectivity index (χ3v) is 6.99. The van der Waals surface area contributed by atoms with Crippen LogP contribution in [0.4, 0.5) is 5.69 Å². The number of oxazole rings is 1. The van der Waals surface area contributed by atoms with Crippen LogP contribution >= 0.6 is 39.7 Å². The first-order chi connectivity index (χ1) is 18.4. The number of nitrogens with zero attached hydrogens (tertiary/aromatic N) is 1. The molecule has 6 aromatic rings. The van der Waals surface area contributed by atoms with E-state index in [0.29, 0.717) is 33.5 Å². The highest BCUT2D eigenvalue weighted by Gasteiger charge is 2.16. The summed E-state index contributed by atoms with van der Waals surface area (Å²) in [7, 11) is 0. The van der Waals surface area contributed by atoms with Crippen molar-refractivity contribution in [3.8, 4) is 22.8 Å². The first kappa shape index (κ1) is 24.4. The zero-order chi connectivity index (χ0) is 26.2. The molecule has 1 amide bonds. The lowest BCUT2D eigenvalue weighted by Gasteiger charge is -2.08. The second kappa shape index (κ2) is 10.1. The standard InChI is InChI=1S/C29H17BrClN3O3S/c30-17-9-7-16(8-10-17)24-13-14-26(36-24)27(35)34-29(38)32-18-11-12-25-23(15-18)33-28(37-25)21-5-1-4-20-19(21)3-2-6-22(20)31/h1-15H,(H2,32,34,35,38). The maximum absolute atomic E-state index is 12.7. The number of aromatic nitrogens is 1. The van der Waals surface area contributed by atoms with Crippen LogP contribution in [0.5, 0.6) is 0 Å². The van der Waals surface area contributed by atoms with Gasteiger partial charge >= 0.3 is 0 Å². The van der Waals surface area contributed by atoms with Gasteiger partial charge in [0.1, 0.15) is 11.3 Å². The number of carbonyl (C=O) groups is 1. The Kier molecular flexibility index (Phi) is 6.45. The fourth-order valence-corrected chi connectivity index (χ4v) is 4.85. The van der Waals surface area contributed by atoms with Gasteiger partial charge in [-0.05, 0) is 72.2 Å². The Morgan fingerprint density at radius 1 is 0.895 bits per heavy atom. The number of nitrogens with one attached hydrogen (secondary N) is 2. The molecule has 0 aliphatic rings. The van der Waals surface area contributed by atoms with Crippen LogP contribution in [0, 0.1) is 0 Å². The largest absolute Gasteiger partial charge is 0.451 e. The topological polar surface area (TPSA) is 80.3 Å². The lowest BCUT2D eigenvalue weighted by Crippen LogP contribution is -2.33. The lowest BCUT2D eigenvalue weighted by molar-refractivity contribution is 0.0951. The minimum Gasteiger partial charge on any atom is -0.451 e. The zero-order valence-corrected chi connectivity index (χ0v) is 22.7. The maximum atomic E-state index is 12.7. The number of fused-ring (bicyclic) bond motifs is 2. The molecule has 2 aromatic heterocycles. The summed E-state index contributed by atoms with van der Waals surface area (Å²) < 4.78 is 12.7. The number of benzene rings is 4. The first-order valence-corrected chi connectivity index (χ1v) is 13.1. The van der Waals surface area contributed by atoms with E-state index >= 15 is 0 Å². The molecular formula is C29H17BrClN3O3S. The van der Waals surface area contributed by atoms with Gasteiger partial charge in [-0.2, -0.15) is 0 Å². The van der Waals surface area contributed by atoms with Crippen molar-refractivity contribution >= 4 is 78.3 Å². The fraction of sp³-hybridized carbons (Fsp3) is 0.